The van der Waals surface area contributed by atoms with Gasteiger partial charge in [-0.05, 0) is 48.5 Å². The highest BCUT2D eigenvalue weighted by atomic mass is 31.2. The van der Waals surface area contributed by atoms with Crippen molar-refractivity contribution in [2.75, 3.05) is 0 Å². The molecule has 0 radical (unpaired) electrons. The maximum atomic E-state index is 12.1. The van der Waals surface area contributed by atoms with Crippen molar-refractivity contribution in [3.05, 3.63) is 115 Å². The second-order valence-electron chi connectivity index (χ2n) is 6.33. The van der Waals surface area contributed by atoms with E-state index in [1.165, 1.54) is 0 Å². The first kappa shape index (κ1) is 18.2. The Hall–Kier alpha value is -3.13. The molecule has 0 atom stereocenters. The topological polar surface area (TPSA) is 45.0 Å². The van der Waals surface area contributed by atoms with Crippen LogP contribution in [0.15, 0.2) is 125 Å². The third-order valence-electron chi connectivity index (χ3n) is 4.52. The van der Waals surface area contributed by atoms with E-state index in [-0.39, 0.29) is 0 Å². The quantitative estimate of drug-likeness (QED) is 0.369. The molecule has 0 spiro atoms. The van der Waals surface area contributed by atoms with Crippen molar-refractivity contribution >= 4 is 34.8 Å². The summed E-state index contributed by atoms with van der Waals surface area (Å²) in [6, 6.07) is 37.0. The molecule has 0 fully saturated rings. The Kier molecular flexibility index (Phi) is 5.38. The molecule has 136 valence electrons. The van der Waals surface area contributed by atoms with Gasteiger partial charge in [0.2, 0.25) is 7.49 Å². The van der Waals surface area contributed by atoms with Gasteiger partial charge < -0.3 is 0 Å². The Morgan fingerprint density at radius 3 is 1.54 bits per heavy atom. The number of benzene rings is 4. The summed E-state index contributed by atoms with van der Waals surface area (Å²) in [6.45, 7) is 0. The minimum absolute atomic E-state index is 0.676. The molecule has 28 heavy (non-hydrogen) atoms. The molecule has 0 unspecified atom stereocenters. The SMILES string of the molecule is O[P+](c1ccccc1)(c1ccccc1)c1ccccc1N=Nc1ccccc1. The van der Waals surface area contributed by atoms with Crippen LogP contribution in [0.3, 0.4) is 0 Å². The molecule has 0 aliphatic rings. The second-order valence-corrected chi connectivity index (χ2v) is 9.12. The average Bonchev–Trinajstić information content (AvgIpc) is 2.79. The third kappa shape index (κ3) is 3.63. The minimum atomic E-state index is -2.84. The van der Waals surface area contributed by atoms with Crippen molar-refractivity contribution in [3.8, 4) is 0 Å². The van der Waals surface area contributed by atoms with E-state index in [0.717, 1.165) is 21.6 Å². The monoisotopic (exact) mass is 383 g/mol. The van der Waals surface area contributed by atoms with Gasteiger partial charge in [0.1, 0.15) is 16.3 Å². The van der Waals surface area contributed by atoms with E-state index in [4.69, 9.17) is 0 Å². The van der Waals surface area contributed by atoms with Crippen LogP contribution in [0.4, 0.5) is 11.4 Å². The number of hydrogen-bond donors (Lipinski definition) is 1. The predicted octanol–water partition coefficient (Wildman–Crippen LogP) is 5.30. The zero-order valence-electron chi connectivity index (χ0n) is 15.3. The van der Waals surface area contributed by atoms with Crippen LogP contribution in [0.25, 0.3) is 0 Å². The Morgan fingerprint density at radius 1 is 0.500 bits per heavy atom. The summed E-state index contributed by atoms with van der Waals surface area (Å²) in [5, 5.41) is 11.4. The molecule has 4 heteroatoms. The zero-order chi connectivity index (χ0) is 19.2. The number of azo groups is 1. The van der Waals surface area contributed by atoms with Gasteiger partial charge in [-0.2, -0.15) is 5.11 Å². The molecule has 3 nitrogen and oxygen atoms in total. The van der Waals surface area contributed by atoms with Gasteiger partial charge in [0.15, 0.2) is 5.30 Å². The molecule has 0 aliphatic heterocycles. The largest absolute Gasteiger partial charge is 0.240 e. The standard InChI is InChI=1S/C24H20N2OP/c27-28(21-14-6-2-7-15-21,22-16-8-3-9-17-22)24-19-11-10-18-23(24)26-25-20-12-4-1-5-13-20/h1-19,27H/q+1. The van der Waals surface area contributed by atoms with Crippen molar-refractivity contribution in [3.63, 3.8) is 0 Å². The van der Waals surface area contributed by atoms with Gasteiger partial charge in [-0.1, -0.05) is 66.7 Å². The Morgan fingerprint density at radius 2 is 0.964 bits per heavy atom. The Bertz CT molecular complexity index is 1030. The van der Waals surface area contributed by atoms with Crippen LogP contribution in [0, 0.1) is 0 Å². The molecule has 0 saturated heterocycles. The summed E-state index contributed by atoms with van der Waals surface area (Å²) in [6.07, 6.45) is 0. The summed E-state index contributed by atoms with van der Waals surface area (Å²) < 4.78 is 0. The van der Waals surface area contributed by atoms with E-state index >= 15 is 0 Å². The molecule has 0 bridgehead atoms. The molecule has 0 aliphatic carbocycles. The molecule has 0 aromatic heterocycles. The lowest BCUT2D eigenvalue weighted by Gasteiger charge is -2.21. The fourth-order valence-corrected chi connectivity index (χ4v) is 5.96. The number of rotatable bonds is 5. The molecular weight excluding hydrogens is 363 g/mol. The van der Waals surface area contributed by atoms with E-state index in [2.05, 4.69) is 10.2 Å². The van der Waals surface area contributed by atoms with Crippen molar-refractivity contribution in [1.82, 2.24) is 0 Å². The van der Waals surface area contributed by atoms with Crippen LogP contribution >= 0.6 is 7.49 Å². The molecule has 0 heterocycles. The van der Waals surface area contributed by atoms with E-state index in [0.29, 0.717) is 5.69 Å². The van der Waals surface area contributed by atoms with Gasteiger partial charge in [0, 0.05) is 0 Å². The summed E-state index contributed by atoms with van der Waals surface area (Å²) in [4.78, 5) is 12.1. The van der Waals surface area contributed by atoms with Gasteiger partial charge in [0.05, 0.1) is 5.69 Å². The highest BCUT2D eigenvalue weighted by molar-refractivity contribution is 7.91. The van der Waals surface area contributed by atoms with Gasteiger partial charge in [-0.25, -0.2) is 4.89 Å². The lowest BCUT2D eigenvalue weighted by atomic mass is 10.3. The normalized spacial score (nSPS) is 11.6. The maximum Gasteiger partial charge on any atom is 0.240 e. The first-order valence-corrected chi connectivity index (χ1v) is 10.8. The average molecular weight is 383 g/mol. The summed E-state index contributed by atoms with van der Waals surface area (Å²) in [5.74, 6) is 0. The van der Waals surface area contributed by atoms with Crippen molar-refractivity contribution in [2.24, 2.45) is 10.2 Å². The van der Waals surface area contributed by atoms with Gasteiger partial charge in [0.25, 0.3) is 0 Å². The van der Waals surface area contributed by atoms with E-state index in [1.807, 2.05) is 115 Å². The molecule has 0 saturated carbocycles. The molecule has 4 aromatic carbocycles. The molecule has 4 aromatic rings. The van der Waals surface area contributed by atoms with E-state index in [1.54, 1.807) is 0 Å². The van der Waals surface area contributed by atoms with Crippen molar-refractivity contribution < 1.29 is 4.89 Å². The van der Waals surface area contributed by atoms with Gasteiger partial charge in [-0.3, -0.25) is 0 Å². The molecule has 1 N–H and O–H groups in total. The fourth-order valence-electron chi connectivity index (χ4n) is 3.14. The maximum absolute atomic E-state index is 12.1. The highest BCUT2D eigenvalue weighted by Crippen LogP contribution is 2.53. The first-order valence-electron chi connectivity index (χ1n) is 9.08. The van der Waals surface area contributed by atoms with Gasteiger partial charge in [-0.15, -0.1) is 5.11 Å². The van der Waals surface area contributed by atoms with Crippen LogP contribution in [0.1, 0.15) is 0 Å². The van der Waals surface area contributed by atoms with Gasteiger partial charge >= 0.3 is 0 Å². The van der Waals surface area contributed by atoms with Crippen molar-refractivity contribution in [2.45, 2.75) is 0 Å². The van der Waals surface area contributed by atoms with E-state index in [9.17, 15) is 4.89 Å². The first-order chi connectivity index (χ1) is 13.8. The summed E-state index contributed by atoms with van der Waals surface area (Å²) in [7, 11) is -2.84. The van der Waals surface area contributed by atoms with E-state index < -0.39 is 7.49 Å². The Balaban J connectivity index is 1.88. The number of nitrogens with zero attached hydrogens (tertiary/aromatic N) is 2. The third-order valence-corrected chi connectivity index (χ3v) is 7.69. The fraction of sp³-hybridized carbons (Fsp3) is 0. The van der Waals surface area contributed by atoms with Crippen molar-refractivity contribution in [1.29, 1.82) is 0 Å². The molecule has 4 rings (SSSR count). The van der Waals surface area contributed by atoms with Crippen LogP contribution in [0.5, 0.6) is 0 Å². The minimum Gasteiger partial charge on any atom is -0.235 e. The predicted molar refractivity (Wildman–Crippen MR) is 118 cm³/mol. The van der Waals surface area contributed by atoms with Crippen LogP contribution in [-0.2, 0) is 0 Å². The Labute approximate surface area is 165 Å². The summed E-state index contributed by atoms with van der Waals surface area (Å²) >= 11 is 0. The lowest BCUT2D eigenvalue weighted by molar-refractivity contribution is 0.633. The smallest absolute Gasteiger partial charge is 0.235 e. The highest BCUT2D eigenvalue weighted by Gasteiger charge is 2.46. The molecule has 0 amide bonds. The lowest BCUT2D eigenvalue weighted by Crippen LogP contribution is -2.30. The van der Waals surface area contributed by atoms with Crippen LogP contribution in [0.2, 0.25) is 0 Å². The number of hydrogen-bond acceptors (Lipinski definition) is 3. The van der Waals surface area contributed by atoms with Crippen LogP contribution in [-0.4, -0.2) is 4.89 Å². The summed E-state index contributed by atoms with van der Waals surface area (Å²) in [5.41, 5.74) is 1.45. The molecular formula is C24H20N2OP+. The zero-order valence-corrected chi connectivity index (χ0v) is 16.2. The second kappa shape index (κ2) is 8.26. The van der Waals surface area contributed by atoms with Crippen LogP contribution < -0.4 is 15.9 Å².